The van der Waals surface area contributed by atoms with Gasteiger partial charge < -0.3 is 9.32 Å². The molecule has 0 amide bonds. The molecule has 0 unspecified atom stereocenters. The zero-order valence-corrected chi connectivity index (χ0v) is 30.7. The summed E-state index contributed by atoms with van der Waals surface area (Å²) in [5.74, 6) is 0. The second-order valence-electron chi connectivity index (χ2n) is 14.1. The molecule has 10 aromatic rings. The first kappa shape index (κ1) is 33.2. The summed E-state index contributed by atoms with van der Waals surface area (Å²) >= 11 is 0. The van der Waals surface area contributed by atoms with Gasteiger partial charge in [-0.15, -0.1) is 0 Å². The van der Waals surface area contributed by atoms with Crippen LogP contribution in [-0.2, 0) is 0 Å². The van der Waals surface area contributed by atoms with E-state index in [1.807, 2.05) is 12.1 Å². The maximum absolute atomic E-state index is 6.29. The van der Waals surface area contributed by atoms with Gasteiger partial charge in [0.05, 0.1) is 5.69 Å². The van der Waals surface area contributed by atoms with E-state index in [0.717, 1.165) is 50.1 Å². The lowest BCUT2D eigenvalue weighted by molar-refractivity contribution is 0.669. The summed E-state index contributed by atoms with van der Waals surface area (Å²) < 4.78 is 6.29. The SMILES string of the molecule is c1ccc(-c2ccc(N(c3ccc4oc5ccccc5c4c3)c3ccccc3-c3ccccc3-c3ccc(-c4ccccc4)cc3-c3ccccc3)cc2)cc1. The van der Waals surface area contributed by atoms with Crippen molar-refractivity contribution in [2.45, 2.75) is 0 Å². The molecule has 0 aliphatic carbocycles. The Labute approximate surface area is 327 Å². The molecule has 2 heteroatoms. The number of rotatable bonds is 8. The average Bonchev–Trinajstić information content (AvgIpc) is 3.66. The summed E-state index contributed by atoms with van der Waals surface area (Å²) in [7, 11) is 0. The molecule has 0 fully saturated rings. The molecule has 0 N–H and O–H groups in total. The molecule has 0 saturated heterocycles. The molecular weight excluding hydrogens is 679 g/mol. The molecule has 0 aliphatic rings. The number of benzene rings is 9. The van der Waals surface area contributed by atoms with Crippen molar-refractivity contribution in [2.24, 2.45) is 0 Å². The Morgan fingerprint density at radius 1 is 0.268 bits per heavy atom. The van der Waals surface area contributed by atoms with Gasteiger partial charge in [0.1, 0.15) is 11.2 Å². The first-order chi connectivity index (χ1) is 27.8. The van der Waals surface area contributed by atoms with Crippen LogP contribution in [0.3, 0.4) is 0 Å². The van der Waals surface area contributed by atoms with Crippen LogP contribution in [0.15, 0.2) is 229 Å². The lowest BCUT2D eigenvalue weighted by atomic mass is 9.87. The highest BCUT2D eigenvalue weighted by atomic mass is 16.3. The number of anilines is 3. The first-order valence-corrected chi connectivity index (χ1v) is 19.1. The minimum Gasteiger partial charge on any atom is -0.456 e. The Morgan fingerprint density at radius 2 is 0.750 bits per heavy atom. The average molecular weight is 716 g/mol. The van der Waals surface area contributed by atoms with Crippen LogP contribution < -0.4 is 4.90 Å². The summed E-state index contributed by atoms with van der Waals surface area (Å²) in [5, 5.41) is 2.20. The van der Waals surface area contributed by atoms with Crippen LogP contribution in [0.2, 0.25) is 0 Å². The van der Waals surface area contributed by atoms with Crippen molar-refractivity contribution >= 4 is 39.0 Å². The molecule has 0 radical (unpaired) electrons. The van der Waals surface area contributed by atoms with Gasteiger partial charge in [0, 0.05) is 27.7 Å². The summed E-state index contributed by atoms with van der Waals surface area (Å²) in [6.07, 6.45) is 0. The maximum Gasteiger partial charge on any atom is 0.135 e. The monoisotopic (exact) mass is 715 g/mol. The molecule has 0 atom stereocenters. The summed E-state index contributed by atoms with van der Waals surface area (Å²) in [6.45, 7) is 0. The molecule has 9 aromatic carbocycles. The lowest BCUT2D eigenvalue weighted by Gasteiger charge is -2.29. The van der Waals surface area contributed by atoms with Gasteiger partial charge >= 0.3 is 0 Å². The second kappa shape index (κ2) is 14.4. The van der Waals surface area contributed by atoms with Crippen molar-refractivity contribution in [3.63, 3.8) is 0 Å². The number of para-hydroxylation sites is 2. The van der Waals surface area contributed by atoms with E-state index in [2.05, 4.69) is 217 Å². The van der Waals surface area contributed by atoms with Gasteiger partial charge in [0.2, 0.25) is 0 Å². The van der Waals surface area contributed by atoms with E-state index in [1.54, 1.807) is 0 Å². The van der Waals surface area contributed by atoms with Crippen LogP contribution >= 0.6 is 0 Å². The number of hydrogen-bond acceptors (Lipinski definition) is 2. The molecule has 1 heterocycles. The quantitative estimate of drug-likeness (QED) is 0.156. The Morgan fingerprint density at radius 3 is 1.46 bits per heavy atom. The van der Waals surface area contributed by atoms with Crippen LogP contribution in [0.1, 0.15) is 0 Å². The molecule has 0 spiro atoms. The molecule has 0 aliphatic heterocycles. The van der Waals surface area contributed by atoms with Gasteiger partial charge in [-0.1, -0.05) is 176 Å². The Hall–Kier alpha value is -7.42. The van der Waals surface area contributed by atoms with E-state index in [1.165, 1.54) is 44.5 Å². The number of furan rings is 1. The third-order valence-corrected chi connectivity index (χ3v) is 10.7. The first-order valence-electron chi connectivity index (χ1n) is 19.1. The fourth-order valence-corrected chi connectivity index (χ4v) is 8.01. The minimum absolute atomic E-state index is 0.875. The van der Waals surface area contributed by atoms with Crippen molar-refractivity contribution < 1.29 is 4.42 Å². The molecule has 56 heavy (non-hydrogen) atoms. The van der Waals surface area contributed by atoms with E-state index < -0.39 is 0 Å². The largest absolute Gasteiger partial charge is 0.456 e. The van der Waals surface area contributed by atoms with Gasteiger partial charge in [-0.2, -0.15) is 0 Å². The Bertz CT molecular complexity index is 2950. The zero-order valence-electron chi connectivity index (χ0n) is 30.7. The summed E-state index contributed by atoms with van der Waals surface area (Å²) in [5.41, 5.74) is 16.8. The van der Waals surface area contributed by atoms with E-state index in [9.17, 15) is 0 Å². The molecule has 1 aromatic heterocycles. The smallest absolute Gasteiger partial charge is 0.135 e. The van der Waals surface area contributed by atoms with Crippen molar-refractivity contribution in [1.82, 2.24) is 0 Å². The van der Waals surface area contributed by atoms with Crippen molar-refractivity contribution in [2.75, 3.05) is 4.90 Å². The fraction of sp³-hybridized carbons (Fsp3) is 0. The number of fused-ring (bicyclic) bond motifs is 3. The van der Waals surface area contributed by atoms with E-state index in [0.29, 0.717) is 0 Å². The minimum atomic E-state index is 0.875. The Kier molecular flexibility index (Phi) is 8.55. The zero-order chi connectivity index (χ0) is 37.3. The van der Waals surface area contributed by atoms with E-state index in [-0.39, 0.29) is 0 Å². The molecular formula is C54H37NO. The number of nitrogens with zero attached hydrogens (tertiary/aromatic N) is 1. The summed E-state index contributed by atoms with van der Waals surface area (Å²) in [6, 6.07) is 80.2. The standard InChI is InChI=1S/C54H37NO/c1-4-16-38(17-5-1)40-28-31-43(32-29-40)55(44-33-35-54-51(37-44)49-25-13-15-27-53(49)56-54)52-26-14-12-24-48(52)46-23-11-10-22-45(46)47-34-30-42(39-18-6-2-7-19-39)36-50(47)41-20-8-3-9-21-41/h1-37H. The fourth-order valence-electron chi connectivity index (χ4n) is 8.01. The van der Waals surface area contributed by atoms with Gasteiger partial charge in [0.15, 0.2) is 0 Å². The Balaban J connectivity index is 1.17. The highest BCUT2D eigenvalue weighted by Gasteiger charge is 2.21. The number of hydrogen-bond donors (Lipinski definition) is 0. The summed E-state index contributed by atoms with van der Waals surface area (Å²) in [4.78, 5) is 2.39. The lowest BCUT2D eigenvalue weighted by Crippen LogP contribution is -2.11. The van der Waals surface area contributed by atoms with Gasteiger partial charge in [-0.3, -0.25) is 0 Å². The van der Waals surface area contributed by atoms with E-state index in [4.69, 9.17) is 4.42 Å². The molecule has 0 saturated carbocycles. The highest BCUT2D eigenvalue weighted by Crippen LogP contribution is 2.47. The normalized spacial score (nSPS) is 11.2. The van der Waals surface area contributed by atoms with Gasteiger partial charge in [0.25, 0.3) is 0 Å². The third-order valence-electron chi connectivity index (χ3n) is 10.7. The molecule has 10 rings (SSSR count). The molecule has 2 nitrogen and oxygen atoms in total. The van der Waals surface area contributed by atoms with Gasteiger partial charge in [-0.25, -0.2) is 0 Å². The van der Waals surface area contributed by atoms with Gasteiger partial charge in [-0.05, 0) is 98.6 Å². The molecule has 0 bridgehead atoms. The van der Waals surface area contributed by atoms with Crippen LogP contribution in [0.4, 0.5) is 17.1 Å². The molecule has 264 valence electrons. The van der Waals surface area contributed by atoms with E-state index >= 15 is 0 Å². The predicted octanol–water partition coefficient (Wildman–Crippen LogP) is 15.4. The van der Waals surface area contributed by atoms with Crippen LogP contribution in [0.5, 0.6) is 0 Å². The third kappa shape index (κ3) is 6.14. The van der Waals surface area contributed by atoms with Crippen LogP contribution in [-0.4, -0.2) is 0 Å². The van der Waals surface area contributed by atoms with Crippen molar-refractivity contribution in [3.05, 3.63) is 224 Å². The second-order valence-corrected chi connectivity index (χ2v) is 14.1. The topological polar surface area (TPSA) is 16.4 Å². The van der Waals surface area contributed by atoms with Crippen molar-refractivity contribution in [3.8, 4) is 55.6 Å². The maximum atomic E-state index is 6.29. The van der Waals surface area contributed by atoms with Crippen LogP contribution in [0, 0.1) is 0 Å². The predicted molar refractivity (Wildman–Crippen MR) is 236 cm³/mol. The van der Waals surface area contributed by atoms with Crippen LogP contribution in [0.25, 0.3) is 77.6 Å². The van der Waals surface area contributed by atoms with Crippen molar-refractivity contribution in [1.29, 1.82) is 0 Å². The highest BCUT2D eigenvalue weighted by molar-refractivity contribution is 6.07.